The second-order valence-electron chi connectivity index (χ2n) is 6.23. The van der Waals surface area contributed by atoms with Crippen molar-refractivity contribution in [2.45, 2.75) is 26.7 Å². The molecule has 5 nitrogen and oxygen atoms in total. The molecule has 1 aliphatic rings. The lowest BCUT2D eigenvalue weighted by Crippen LogP contribution is -2.38. The second kappa shape index (κ2) is 6.91. The molecule has 2 heterocycles. The van der Waals surface area contributed by atoms with Gasteiger partial charge in [-0.1, -0.05) is 18.2 Å². The van der Waals surface area contributed by atoms with Gasteiger partial charge in [-0.3, -0.25) is 9.59 Å². The van der Waals surface area contributed by atoms with Crippen LogP contribution in [0.15, 0.2) is 36.4 Å². The van der Waals surface area contributed by atoms with Crippen molar-refractivity contribution in [1.29, 1.82) is 0 Å². The van der Waals surface area contributed by atoms with Gasteiger partial charge in [0.25, 0.3) is 5.91 Å². The van der Waals surface area contributed by atoms with Crippen LogP contribution in [-0.2, 0) is 4.79 Å². The fourth-order valence-corrected chi connectivity index (χ4v) is 3.30. The molecule has 0 radical (unpaired) electrons. The molecule has 0 atom stereocenters. The van der Waals surface area contributed by atoms with Crippen LogP contribution < -0.4 is 5.32 Å². The number of aryl methyl sites for hydroxylation is 1. The number of para-hydroxylation sites is 1. The van der Waals surface area contributed by atoms with E-state index >= 15 is 0 Å². The smallest absolute Gasteiger partial charge is 0.253 e. The van der Waals surface area contributed by atoms with E-state index < -0.39 is 0 Å². The Balaban J connectivity index is 1.73. The average Bonchev–Trinajstić information content (AvgIpc) is 3.21. The maximum absolute atomic E-state index is 12.5. The zero-order valence-corrected chi connectivity index (χ0v) is 14.2. The first-order valence-corrected chi connectivity index (χ1v) is 8.38. The zero-order chi connectivity index (χ0) is 17.1. The zero-order valence-electron chi connectivity index (χ0n) is 14.2. The Hall–Kier alpha value is -2.56. The minimum atomic E-state index is -0.196. The summed E-state index contributed by atoms with van der Waals surface area (Å²) < 4.78 is 2.05. The van der Waals surface area contributed by atoms with Gasteiger partial charge in [-0.2, -0.15) is 0 Å². The van der Waals surface area contributed by atoms with Crippen LogP contribution in [0.3, 0.4) is 0 Å². The SMILES string of the molecule is Cc1cc(C(=O)NCC(=O)N2CCCC2)c(C)n1-c1ccccc1. The Labute approximate surface area is 142 Å². The summed E-state index contributed by atoms with van der Waals surface area (Å²) in [6.45, 7) is 5.58. The second-order valence-corrected chi connectivity index (χ2v) is 6.23. The highest BCUT2D eigenvalue weighted by Crippen LogP contribution is 2.20. The van der Waals surface area contributed by atoms with Crippen LogP contribution in [0.2, 0.25) is 0 Å². The Morgan fingerprint density at radius 2 is 1.75 bits per heavy atom. The molecule has 0 aliphatic carbocycles. The Morgan fingerprint density at radius 1 is 1.08 bits per heavy atom. The van der Waals surface area contributed by atoms with Gasteiger partial charge < -0.3 is 14.8 Å². The monoisotopic (exact) mass is 325 g/mol. The highest BCUT2D eigenvalue weighted by atomic mass is 16.2. The van der Waals surface area contributed by atoms with Crippen LogP contribution in [0.4, 0.5) is 0 Å². The fourth-order valence-electron chi connectivity index (χ4n) is 3.30. The number of aromatic nitrogens is 1. The summed E-state index contributed by atoms with van der Waals surface area (Å²) in [5.41, 5.74) is 3.52. The number of hydrogen-bond acceptors (Lipinski definition) is 2. The summed E-state index contributed by atoms with van der Waals surface area (Å²) in [5.74, 6) is -0.199. The predicted octanol–water partition coefficient (Wildman–Crippen LogP) is 2.45. The molecule has 2 aromatic rings. The molecule has 126 valence electrons. The molecule has 3 rings (SSSR count). The summed E-state index contributed by atoms with van der Waals surface area (Å²) in [4.78, 5) is 26.4. The number of likely N-dealkylation sites (tertiary alicyclic amines) is 1. The largest absolute Gasteiger partial charge is 0.343 e. The third-order valence-electron chi connectivity index (χ3n) is 4.55. The molecular weight excluding hydrogens is 302 g/mol. The van der Waals surface area contributed by atoms with Gasteiger partial charge in [-0.15, -0.1) is 0 Å². The molecule has 1 aromatic heterocycles. The predicted molar refractivity (Wildman–Crippen MR) is 93.4 cm³/mol. The Bertz CT molecular complexity index is 743. The number of nitrogens with zero attached hydrogens (tertiary/aromatic N) is 2. The number of nitrogens with one attached hydrogen (secondary N) is 1. The fraction of sp³-hybridized carbons (Fsp3) is 0.368. The number of benzene rings is 1. The number of rotatable bonds is 4. The molecule has 0 unspecified atom stereocenters. The molecule has 2 amide bonds. The molecule has 0 bridgehead atoms. The van der Waals surface area contributed by atoms with Gasteiger partial charge in [0.1, 0.15) is 0 Å². The summed E-state index contributed by atoms with van der Waals surface area (Å²) in [5, 5.41) is 2.76. The maximum Gasteiger partial charge on any atom is 0.253 e. The third kappa shape index (κ3) is 3.20. The molecular formula is C19H23N3O2. The number of carbonyl (C=O) groups excluding carboxylic acids is 2. The third-order valence-corrected chi connectivity index (χ3v) is 4.55. The van der Waals surface area contributed by atoms with Crippen molar-refractivity contribution in [1.82, 2.24) is 14.8 Å². The maximum atomic E-state index is 12.5. The highest BCUT2D eigenvalue weighted by Gasteiger charge is 2.20. The van der Waals surface area contributed by atoms with Crippen LogP contribution in [0, 0.1) is 13.8 Å². The minimum absolute atomic E-state index is 0.00211. The first kappa shape index (κ1) is 16.3. The normalized spacial score (nSPS) is 14.0. The Morgan fingerprint density at radius 3 is 2.42 bits per heavy atom. The van der Waals surface area contributed by atoms with Crippen molar-refractivity contribution < 1.29 is 9.59 Å². The lowest BCUT2D eigenvalue weighted by atomic mass is 10.2. The van der Waals surface area contributed by atoms with Gasteiger partial charge in [0, 0.05) is 30.2 Å². The van der Waals surface area contributed by atoms with Crippen molar-refractivity contribution in [2.24, 2.45) is 0 Å². The highest BCUT2D eigenvalue weighted by molar-refractivity contribution is 5.98. The molecule has 1 N–H and O–H groups in total. The lowest BCUT2D eigenvalue weighted by Gasteiger charge is -2.15. The van der Waals surface area contributed by atoms with Gasteiger partial charge in [-0.05, 0) is 44.9 Å². The van der Waals surface area contributed by atoms with E-state index in [9.17, 15) is 9.59 Å². The quantitative estimate of drug-likeness (QED) is 0.939. The van der Waals surface area contributed by atoms with Gasteiger partial charge in [0.15, 0.2) is 0 Å². The van der Waals surface area contributed by atoms with Gasteiger partial charge in [0.2, 0.25) is 5.91 Å². The van der Waals surface area contributed by atoms with Crippen molar-refractivity contribution >= 4 is 11.8 Å². The Kier molecular flexibility index (Phi) is 4.69. The van der Waals surface area contributed by atoms with Gasteiger partial charge >= 0.3 is 0 Å². The summed E-state index contributed by atoms with van der Waals surface area (Å²) in [7, 11) is 0. The van der Waals surface area contributed by atoms with Crippen LogP contribution >= 0.6 is 0 Å². The lowest BCUT2D eigenvalue weighted by molar-refractivity contribution is -0.129. The number of hydrogen-bond donors (Lipinski definition) is 1. The number of amides is 2. The van der Waals surface area contributed by atoms with E-state index in [-0.39, 0.29) is 18.4 Å². The van der Waals surface area contributed by atoms with E-state index in [1.807, 2.05) is 55.1 Å². The molecule has 24 heavy (non-hydrogen) atoms. The average molecular weight is 325 g/mol. The summed E-state index contributed by atoms with van der Waals surface area (Å²) >= 11 is 0. The molecule has 1 aromatic carbocycles. The molecule has 1 saturated heterocycles. The molecule has 0 saturated carbocycles. The van der Waals surface area contributed by atoms with Crippen molar-refractivity contribution in [3.63, 3.8) is 0 Å². The van der Waals surface area contributed by atoms with Crippen LogP contribution in [0.1, 0.15) is 34.6 Å². The summed E-state index contributed by atoms with van der Waals surface area (Å²) in [6, 6.07) is 11.8. The standard InChI is InChI=1S/C19H23N3O2/c1-14-12-17(15(2)22(14)16-8-4-3-5-9-16)19(24)20-13-18(23)21-10-6-7-11-21/h3-5,8-9,12H,6-7,10-11,13H2,1-2H3,(H,20,24). The molecule has 1 aliphatic heterocycles. The van der Waals surface area contributed by atoms with E-state index in [1.165, 1.54) is 0 Å². The van der Waals surface area contributed by atoms with Crippen LogP contribution in [0.5, 0.6) is 0 Å². The first-order valence-electron chi connectivity index (χ1n) is 8.38. The molecule has 5 heteroatoms. The van der Waals surface area contributed by atoms with Crippen molar-refractivity contribution in [2.75, 3.05) is 19.6 Å². The summed E-state index contributed by atoms with van der Waals surface area (Å²) in [6.07, 6.45) is 2.11. The van der Waals surface area contributed by atoms with E-state index in [2.05, 4.69) is 9.88 Å². The number of carbonyl (C=O) groups is 2. The van der Waals surface area contributed by atoms with E-state index in [0.717, 1.165) is 43.0 Å². The molecule has 1 fully saturated rings. The van der Waals surface area contributed by atoms with Gasteiger partial charge in [0.05, 0.1) is 12.1 Å². The minimum Gasteiger partial charge on any atom is -0.343 e. The van der Waals surface area contributed by atoms with Gasteiger partial charge in [-0.25, -0.2) is 0 Å². The van der Waals surface area contributed by atoms with Crippen LogP contribution in [-0.4, -0.2) is 40.9 Å². The van der Waals surface area contributed by atoms with E-state index in [1.54, 1.807) is 0 Å². The van der Waals surface area contributed by atoms with Crippen LogP contribution in [0.25, 0.3) is 5.69 Å². The first-order chi connectivity index (χ1) is 11.6. The van der Waals surface area contributed by atoms with E-state index in [0.29, 0.717) is 5.56 Å². The van der Waals surface area contributed by atoms with Crippen molar-refractivity contribution in [3.05, 3.63) is 53.3 Å². The molecule has 0 spiro atoms. The topological polar surface area (TPSA) is 54.3 Å². The van der Waals surface area contributed by atoms with E-state index in [4.69, 9.17) is 0 Å². The van der Waals surface area contributed by atoms with Crippen molar-refractivity contribution in [3.8, 4) is 5.69 Å².